The van der Waals surface area contributed by atoms with Crippen molar-refractivity contribution < 1.29 is 0 Å². The van der Waals surface area contributed by atoms with Gasteiger partial charge in [-0.1, -0.05) is 0 Å². The standard InChI is InChI=1S/C9H16N2/c1-10-6-2-3-7-11-8-4-5-9-11/h2-9H2. The third kappa shape index (κ3) is 3.38. The van der Waals surface area contributed by atoms with Crippen molar-refractivity contribution in [2.45, 2.75) is 25.7 Å². The number of rotatable bonds is 4. The molecule has 1 aliphatic heterocycles. The molecule has 2 nitrogen and oxygen atoms in total. The Morgan fingerprint density at radius 2 is 1.91 bits per heavy atom. The second-order valence-electron chi connectivity index (χ2n) is 3.14. The summed E-state index contributed by atoms with van der Waals surface area (Å²) in [6.07, 6.45) is 5.05. The Balaban J connectivity index is 1.90. The van der Waals surface area contributed by atoms with E-state index in [0.717, 1.165) is 6.42 Å². The maximum absolute atomic E-state index is 6.60. The lowest BCUT2D eigenvalue weighted by Gasteiger charge is -2.12. The van der Waals surface area contributed by atoms with Crippen molar-refractivity contribution in [2.75, 3.05) is 26.2 Å². The summed E-state index contributed by atoms with van der Waals surface area (Å²) < 4.78 is 0. The predicted molar refractivity (Wildman–Crippen MR) is 46.4 cm³/mol. The van der Waals surface area contributed by atoms with Gasteiger partial charge in [0.25, 0.3) is 0 Å². The molecule has 1 rings (SSSR count). The van der Waals surface area contributed by atoms with Crippen molar-refractivity contribution in [3.05, 3.63) is 11.4 Å². The molecule has 0 aromatic rings. The van der Waals surface area contributed by atoms with Gasteiger partial charge in [0.05, 0.1) is 0 Å². The highest BCUT2D eigenvalue weighted by Crippen LogP contribution is 2.07. The minimum absolute atomic E-state index is 0.716. The number of hydrogen-bond acceptors (Lipinski definition) is 1. The van der Waals surface area contributed by atoms with Crippen LogP contribution >= 0.6 is 0 Å². The molecular formula is C9H16N2. The molecule has 0 atom stereocenters. The molecule has 0 radical (unpaired) electrons. The van der Waals surface area contributed by atoms with E-state index in [0.29, 0.717) is 6.54 Å². The molecule has 62 valence electrons. The highest BCUT2D eigenvalue weighted by molar-refractivity contribution is 4.67. The van der Waals surface area contributed by atoms with E-state index in [4.69, 9.17) is 6.57 Å². The Labute approximate surface area is 69.0 Å². The van der Waals surface area contributed by atoms with Crippen LogP contribution in [0.25, 0.3) is 4.85 Å². The van der Waals surface area contributed by atoms with E-state index in [1.807, 2.05) is 0 Å². The smallest absolute Gasteiger partial charge is 0.214 e. The summed E-state index contributed by atoms with van der Waals surface area (Å²) in [4.78, 5) is 5.84. The van der Waals surface area contributed by atoms with E-state index in [1.165, 1.54) is 38.9 Å². The van der Waals surface area contributed by atoms with Crippen LogP contribution in [0.2, 0.25) is 0 Å². The normalized spacial score (nSPS) is 18.5. The SMILES string of the molecule is [C-]#[N+]CCCCN1CCCC1. The summed E-state index contributed by atoms with van der Waals surface area (Å²) in [6, 6.07) is 0. The third-order valence-corrected chi connectivity index (χ3v) is 2.19. The lowest BCUT2D eigenvalue weighted by atomic mass is 10.3. The van der Waals surface area contributed by atoms with Gasteiger partial charge in [-0.15, -0.1) is 0 Å². The van der Waals surface area contributed by atoms with Crippen molar-refractivity contribution in [1.29, 1.82) is 0 Å². The van der Waals surface area contributed by atoms with Crippen LogP contribution < -0.4 is 0 Å². The maximum atomic E-state index is 6.60. The number of nitrogens with zero attached hydrogens (tertiary/aromatic N) is 2. The summed E-state index contributed by atoms with van der Waals surface area (Å²) in [7, 11) is 0. The van der Waals surface area contributed by atoms with Crippen LogP contribution in [0.4, 0.5) is 0 Å². The van der Waals surface area contributed by atoms with Gasteiger partial charge < -0.3 is 9.74 Å². The molecule has 0 amide bonds. The molecule has 1 aliphatic rings. The van der Waals surface area contributed by atoms with Crippen molar-refractivity contribution in [3.8, 4) is 0 Å². The Morgan fingerprint density at radius 3 is 2.55 bits per heavy atom. The van der Waals surface area contributed by atoms with Crippen molar-refractivity contribution >= 4 is 0 Å². The summed E-state index contributed by atoms with van der Waals surface area (Å²) in [5, 5.41) is 0. The number of unbranched alkanes of at least 4 members (excludes halogenated alkanes) is 1. The maximum Gasteiger partial charge on any atom is 0.214 e. The van der Waals surface area contributed by atoms with Crippen LogP contribution in [0.15, 0.2) is 0 Å². The van der Waals surface area contributed by atoms with Crippen LogP contribution in [-0.2, 0) is 0 Å². The minimum Gasteiger partial charge on any atom is -0.317 e. The summed E-state index contributed by atoms with van der Waals surface area (Å²) in [6.45, 7) is 11.1. The second-order valence-corrected chi connectivity index (χ2v) is 3.14. The lowest BCUT2D eigenvalue weighted by Crippen LogP contribution is -2.20. The largest absolute Gasteiger partial charge is 0.317 e. The van der Waals surface area contributed by atoms with Gasteiger partial charge in [0.1, 0.15) is 0 Å². The van der Waals surface area contributed by atoms with Crippen molar-refractivity contribution in [3.63, 3.8) is 0 Å². The van der Waals surface area contributed by atoms with Gasteiger partial charge in [0.2, 0.25) is 6.54 Å². The molecule has 1 saturated heterocycles. The molecule has 11 heavy (non-hydrogen) atoms. The highest BCUT2D eigenvalue weighted by Gasteiger charge is 2.09. The van der Waals surface area contributed by atoms with Gasteiger partial charge >= 0.3 is 0 Å². The average Bonchev–Trinajstić information content (AvgIpc) is 2.50. The summed E-state index contributed by atoms with van der Waals surface area (Å²) in [5.41, 5.74) is 0. The first kappa shape index (κ1) is 8.55. The molecule has 1 fully saturated rings. The first-order valence-electron chi connectivity index (χ1n) is 4.49. The molecule has 0 aromatic carbocycles. The van der Waals surface area contributed by atoms with Gasteiger partial charge in [0.15, 0.2) is 0 Å². The fraction of sp³-hybridized carbons (Fsp3) is 0.889. The lowest BCUT2D eigenvalue weighted by molar-refractivity contribution is 0.332. The van der Waals surface area contributed by atoms with Gasteiger partial charge in [-0.2, -0.15) is 0 Å². The molecule has 0 unspecified atom stereocenters. The fourth-order valence-corrected chi connectivity index (χ4v) is 1.53. The first-order chi connectivity index (χ1) is 5.43. The zero-order valence-electron chi connectivity index (χ0n) is 7.05. The Hall–Kier alpha value is -0.550. The summed E-state index contributed by atoms with van der Waals surface area (Å²) >= 11 is 0. The van der Waals surface area contributed by atoms with Crippen LogP contribution in [-0.4, -0.2) is 31.1 Å². The van der Waals surface area contributed by atoms with E-state index >= 15 is 0 Å². The molecule has 0 saturated carbocycles. The molecule has 0 spiro atoms. The number of hydrogen-bond donors (Lipinski definition) is 0. The average molecular weight is 152 g/mol. The molecule has 0 N–H and O–H groups in total. The van der Waals surface area contributed by atoms with E-state index < -0.39 is 0 Å². The zero-order chi connectivity index (χ0) is 7.94. The van der Waals surface area contributed by atoms with Gasteiger partial charge in [0, 0.05) is 6.42 Å². The van der Waals surface area contributed by atoms with Crippen LogP contribution in [0.1, 0.15) is 25.7 Å². The number of likely N-dealkylation sites (tertiary alicyclic amines) is 1. The topological polar surface area (TPSA) is 7.60 Å². The predicted octanol–water partition coefficient (Wildman–Crippen LogP) is 1.78. The Kier molecular flexibility index (Phi) is 4.00. The van der Waals surface area contributed by atoms with E-state index in [1.54, 1.807) is 0 Å². The molecular weight excluding hydrogens is 136 g/mol. The van der Waals surface area contributed by atoms with Crippen LogP contribution in [0, 0.1) is 6.57 Å². The van der Waals surface area contributed by atoms with Crippen LogP contribution in [0.5, 0.6) is 0 Å². The molecule has 0 bridgehead atoms. The van der Waals surface area contributed by atoms with Crippen molar-refractivity contribution in [1.82, 2.24) is 4.90 Å². The molecule has 1 heterocycles. The van der Waals surface area contributed by atoms with E-state index in [9.17, 15) is 0 Å². The van der Waals surface area contributed by atoms with E-state index in [2.05, 4.69) is 9.74 Å². The Bertz CT molecular complexity index is 131. The first-order valence-corrected chi connectivity index (χ1v) is 4.49. The third-order valence-electron chi connectivity index (χ3n) is 2.19. The van der Waals surface area contributed by atoms with E-state index in [-0.39, 0.29) is 0 Å². The van der Waals surface area contributed by atoms with Gasteiger partial charge in [-0.3, -0.25) is 0 Å². The highest BCUT2D eigenvalue weighted by atomic mass is 15.1. The molecule has 0 aromatic heterocycles. The fourth-order valence-electron chi connectivity index (χ4n) is 1.53. The summed E-state index contributed by atoms with van der Waals surface area (Å²) in [5.74, 6) is 0. The quantitative estimate of drug-likeness (QED) is 0.440. The van der Waals surface area contributed by atoms with Gasteiger partial charge in [-0.25, -0.2) is 6.57 Å². The van der Waals surface area contributed by atoms with Gasteiger partial charge in [-0.05, 0) is 38.9 Å². The zero-order valence-corrected chi connectivity index (χ0v) is 7.05. The monoisotopic (exact) mass is 152 g/mol. The minimum atomic E-state index is 0.716. The Morgan fingerprint density at radius 1 is 1.18 bits per heavy atom. The van der Waals surface area contributed by atoms with Crippen molar-refractivity contribution in [2.24, 2.45) is 0 Å². The van der Waals surface area contributed by atoms with Crippen LogP contribution in [0.3, 0.4) is 0 Å². The molecule has 2 heteroatoms. The molecule has 0 aliphatic carbocycles. The second kappa shape index (κ2) is 5.15.